The molecule has 0 aromatic heterocycles. The predicted octanol–water partition coefficient (Wildman–Crippen LogP) is 4.43. The fourth-order valence-electron chi connectivity index (χ4n) is 10.0. The van der Waals surface area contributed by atoms with Crippen molar-refractivity contribution in [3.63, 3.8) is 0 Å². The first-order chi connectivity index (χ1) is 17.7. The van der Waals surface area contributed by atoms with Crippen molar-refractivity contribution in [3.05, 3.63) is 11.6 Å². The van der Waals surface area contributed by atoms with Gasteiger partial charge < -0.3 is 19.9 Å². The summed E-state index contributed by atoms with van der Waals surface area (Å²) in [6.45, 7) is 8.72. The summed E-state index contributed by atoms with van der Waals surface area (Å²) >= 11 is 0. The number of aliphatic hydroxyl groups is 1. The van der Waals surface area contributed by atoms with Gasteiger partial charge in [0, 0.05) is 24.1 Å². The average Bonchev–Trinajstić information content (AvgIpc) is 3.59. The van der Waals surface area contributed by atoms with E-state index in [0.29, 0.717) is 31.0 Å². The van der Waals surface area contributed by atoms with Gasteiger partial charge in [0.1, 0.15) is 13.2 Å². The lowest BCUT2D eigenvalue weighted by Gasteiger charge is -2.63. The molecule has 2 heterocycles. The molecule has 206 valence electrons. The molecule has 8 atom stereocenters. The highest BCUT2D eigenvalue weighted by Gasteiger charge is 2.67. The smallest absolute Gasteiger partial charge is 0.407 e. The summed E-state index contributed by atoms with van der Waals surface area (Å²) in [6, 6.07) is 0.188. The molecule has 6 aliphatic rings. The summed E-state index contributed by atoms with van der Waals surface area (Å²) < 4.78 is 10.8. The van der Waals surface area contributed by atoms with Gasteiger partial charge in [-0.25, -0.2) is 9.59 Å². The number of amides is 1. The Bertz CT molecular complexity index is 946. The Labute approximate surface area is 221 Å². The minimum absolute atomic E-state index is 0.186. The van der Waals surface area contributed by atoms with Gasteiger partial charge in [-0.15, -0.1) is 0 Å². The van der Waals surface area contributed by atoms with Crippen LogP contribution >= 0.6 is 0 Å². The molecule has 0 bridgehead atoms. The van der Waals surface area contributed by atoms with Crippen molar-refractivity contribution in [2.45, 2.75) is 96.1 Å². The molecule has 2 aliphatic heterocycles. The zero-order valence-electron chi connectivity index (χ0n) is 22.8. The van der Waals surface area contributed by atoms with Crippen molar-refractivity contribution in [2.24, 2.45) is 34.5 Å². The molecule has 37 heavy (non-hydrogen) atoms. The van der Waals surface area contributed by atoms with Crippen LogP contribution < -0.4 is 5.32 Å². The highest BCUT2D eigenvalue weighted by molar-refractivity contribution is 5.85. The molecular weight excluding hydrogens is 468 g/mol. The van der Waals surface area contributed by atoms with Crippen molar-refractivity contribution in [1.29, 1.82) is 0 Å². The van der Waals surface area contributed by atoms with E-state index in [0.717, 1.165) is 83.0 Å². The molecule has 0 radical (unpaired) electrons. The lowest BCUT2D eigenvalue weighted by atomic mass is 9.43. The Morgan fingerprint density at radius 3 is 2.68 bits per heavy atom. The molecule has 7 heteroatoms. The molecule has 5 fully saturated rings. The van der Waals surface area contributed by atoms with Crippen LogP contribution in [0.2, 0.25) is 0 Å². The maximum absolute atomic E-state index is 12.5. The zero-order valence-corrected chi connectivity index (χ0v) is 22.8. The molecule has 4 aliphatic carbocycles. The topological polar surface area (TPSA) is 88.1 Å². The van der Waals surface area contributed by atoms with Crippen molar-refractivity contribution >= 4 is 12.1 Å². The van der Waals surface area contributed by atoms with E-state index in [-0.39, 0.29) is 34.9 Å². The summed E-state index contributed by atoms with van der Waals surface area (Å²) in [5, 5.41) is 15.6. The standard InChI is InChI=1S/C30H46N2O5/c1-28-10-7-22(31-27(34)36-16-15-32-13-3-4-14-32)18-21(28)5-6-25-24(28)8-11-29(2)23(9-12-30(25,29)35)20-17-26(33)37-19-20/h17,21-25,35H,3-16,18-19H2,1-2H3,(H,31,34)/t21-,22+,23-,24+,25-,28+,29-,30+/m1/s1. The van der Waals surface area contributed by atoms with E-state index >= 15 is 0 Å². The highest BCUT2D eigenvalue weighted by atomic mass is 16.5. The van der Waals surface area contributed by atoms with E-state index in [2.05, 4.69) is 24.1 Å². The lowest BCUT2D eigenvalue weighted by Crippen LogP contribution is -2.62. The second-order valence-electron chi connectivity index (χ2n) is 13.6. The van der Waals surface area contributed by atoms with E-state index in [1.54, 1.807) is 6.08 Å². The number of nitrogens with one attached hydrogen (secondary N) is 1. The molecule has 6 rings (SSSR count). The Kier molecular flexibility index (Phi) is 6.62. The van der Waals surface area contributed by atoms with Gasteiger partial charge in [-0.3, -0.25) is 4.90 Å². The van der Waals surface area contributed by atoms with Gasteiger partial charge in [0.05, 0.1) is 5.60 Å². The molecule has 4 saturated carbocycles. The van der Waals surface area contributed by atoms with Gasteiger partial charge in [-0.05, 0) is 118 Å². The number of ether oxygens (including phenoxy) is 2. The highest BCUT2D eigenvalue weighted by Crippen LogP contribution is 2.69. The number of carbonyl (C=O) groups excluding carboxylic acids is 2. The van der Waals surface area contributed by atoms with Gasteiger partial charge in [0.2, 0.25) is 0 Å². The molecule has 7 nitrogen and oxygen atoms in total. The minimum Gasteiger partial charge on any atom is -0.458 e. The molecular formula is C30H46N2O5. The maximum atomic E-state index is 12.5. The summed E-state index contributed by atoms with van der Waals surface area (Å²) in [7, 11) is 0. The van der Waals surface area contributed by atoms with Crippen LogP contribution in [0.5, 0.6) is 0 Å². The lowest BCUT2D eigenvalue weighted by molar-refractivity contribution is -0.204. The minimum atomic E-state index is -0.671. The SMILES string of the molecule is C[C@]12CC[C@H](NC(=O)OCCN3CCCC3)C[C@H]1CC[C@@H]1[C@@H]2CC[C@]2(C)[C@@H](C3=CC(=O)OC3)CC[C@]12O. The van der Waals surface area contributed by atoms with Crippen LogP contribution in [0.25, 0.3) is 0 Å². The number of nitrogens with zero attached hydrogens (tertiary/aromatic N) is 1. The van der Waals surface area contributed by atoms with Gasteiger partial charge in [-0.2, -0.15) is 0 Å². The summed E-state index contributed by atoms with van der Waals surface area (Å²) in [5.74, 6) is 1.43. The number of esters is 1. The van der Waals surface area contributed by atoms with Crippen molar-refractivity contribution in [1.82, 2.24) is 10.2 Å². The van der Waals surface area contributed by atoms with Crippen molar-refractivity contribution < 1.29 is 24.2 Å². The number of hydrogen-bond acceptors (Lipinski definition) is 6. The molecule has 1 amide bonds. The number of carbonyl (C=O) groups is 2. The van der Waals surface area contributed by atoms with Gasteiger partial charge in [0.15, 0.2) is 0 Å². The normalized spacial score (nSPS) is 45.4. The maximum Gasteiger partial charge on any atom is 0.407 e. The third-order valence-corrected chi connectivity index (χ3v) is 12.1. The van der Waals surface area contributed by atoms with Gasteiger partial charge in [0.25, 0.3) is 0 Å². The Hall–Kier alpha value is -1.60. The summed E-state index contributed by atoms with van der Waals surface area (Å²) in [6.07, 6.45) is 13.2. The van der Waals surface area contributed by atoms with E-state index in [1.165, 1.54) is 12.8 Å². The van der Waals surface area contributed by atoms with E-state index in [9.17, 15) is 14.7 Å². The monoisotopic (exact) mass is 514 g/mol. The van der Waals surface area contributed by atoms with Crippen molar-refractivity contribution in [3.8, 4) is 0 Å². The number of alkyl carbamates (subject to hydrolysis) is 1. The zero-order chi connectivity index (χ0) is 25.8. The first-order valence-corrected chi connectivity index (χ1v) is 15.0. The number of hydrogen-bond donors (Lipinski definition) is 2. The fraction of sp³-hybridized carbons (Fsp3) is 0.867. The Morgan fingerprint density at radius 2 is 1.92 bits per heavy atom. The van der Waals surface area contributed by atoms with Crippen LogP contribution in [-0.2, 0) is 14.3 Å². The van der Waals surface area contributed by atoms with E-state index in [4.69, 9.17) is 9.47 Å². The summed E-state index contributed by atoms with van der Waals surface area (Å²) in [5.41, 5.74) is 0.451. The molecule has 1 saturated heterocycles. The number of fused-ring (bicyclic) bond motifs is 5. The van der Waals surface area contributed by atoms with Crippen LogP contribution in [0.3, 0.4) is 0 Å². The first-order valence-electron chi connectivity index (χ1n) is 15.0. The molecule has 0 aromatic carbocycles. The number of cyclic esters (lactones) is 1. The third kappa shape index (κ3) is 4.23. The largest absolute Gasteiger partial charge is 0.458 e. The van der Waals surface area contributed by atoms with Gasteiger partial charge >= 0.3 is 12.1 Å². The fourth-order valence-corrected chi connectivity index (χ4v) is 10.0. The predicted molar refractivity (Wildman–Crippen MR) is 140 cm³/mol. The Balaban J connectivity index is 1.08. The van der Waals surface area contributed by atoms with E-state index in [1.807, 2.05) is 0 Å². The van der Waals surface area contributed by atoms with Crippen molar-refractivity contribution in [2.75, 3.05) is 32.8 Å². The molecule has 0 spiro atoms. The second-order valence-corrected chi connectivity index (χ2v) is 13.6. The van der Waals surface area contributed by atoms with Crippen LogP contribution in [0.15, 0.2) is 11.6 Å². The van der Waals surface area contributed by atoms with Crippen LogP contribution in [0, 0.1) is 34.5 Å². The third-order valence-electron chi connectivity index (χ3n) is 12.1. The molecule has 2 N–H and O–H groups in total. The average molecular weight is 515 g/mol. The molecule has 0 unspecified atom stereocenters. The molecule has 0 aromatic rings. The quantitative estimate of drug-likeness (QED) is 0.528. The van der Waals surface area contributed by atoms with Crippen LogP contribution in [0.4, 0.5) is 4.79 Å². The summed E-state index contributed by atoms with van der Waals surface area (Å²) in [4.78, 5) is 26.6. The van der Waals surface area contributed by atoms with Gasteiger partial charge in [-0.1, -0.05) is 13.8 Å². The first kappa shape index (κ1) is 25.7. The van der Waals surface area contributed by atoms with Crippen LogP contribution in [-0.4, -0.2) is 66.6 Å². The Morgan fingerprint density at radius 1 is 1.11 bits per heavy atom. The van der Waals surface area contributed by atoms with Crippen LogP contribution in [0.1, 0.15) is 84.5 Å². The number of likely N-dealkylation sites (tertiary alicyclic amines) is 1. The van der Waals surface area contributed by atoms with E-state index < -0.39 is 5.60 Å². The second kappa shape index (κ2) is 9.55. The number of rotatable bonds is 5.